The van der Waals surface area contributed by atoms with Crippen molar-refractivity contribution in [1.82, 2.24) is 0 Å². The molecular formula is C10H15N3S. The van der Waals surface area contributed by atoms with Crippen molar-refractivity contribution in [1.29, 1.82) is 0 Å². The van der Waals surface area contributed by atoms with Gasteiger partial charge < -0.3 is 16.8 Å². The molecule has 5 N–H and O–H groups in total. The molecule has 0 radical (unpaired) electrons. The van der Waals surface area contributed by atoms with E-state index in [1.807, 2.05) is 12.1 Å². The highest BCUT2D eigenvalue weighted by atomic mass is 32.1. The molecule has 14 heavy (non-hydrogen) atoms. The van der Waals surface area contributed by atoms with Crippen molar-refractivity contribution >= 4 is 23.0 Å². The van der Waals surface area contributed by atoms with Gasteiger partial charge in [0.1, 0.15) is 0 Å². The van der Waals surface area contributed by atoms with E-state index >= 15 is 0 Å². The molecule has 0 aliphatic heterocycles. The fraction of sp³-hybridized carbons (Fsp3) is 0.300. The minimum absolute atomic E-state index is 0.292. The number of nitrogens with two attached hydrogens (primary N) is 2. The van der Waals surface area contributed by atoms with Gasteiger partial charge in [-0.3, -0.25) is 0 Å². The summed E-state index contributed by atoms with van der Waals surface area (Å²) in [5.41, 5.74) is 14.2. The molecule has 0 aliphatic carbocycles. The number of aryl methyl sites for hydroxylation is 1. The van der Waals surface area contributed by atoms with Crippen LogP contribution in [0.1, 0.15) is 18.1 Å². The SMILES string of the molecule is CCc1cc(CN)ccc1NC(N)=S. The van der Waals surface area contributed by atoms with Gasteiger partial charge in [-0.1, -0.05) is 19.1 Å². The van der Waals surface area contributed by atoms with Gasteiger partial charge >= 0.3 is 0 Å². The standard InChI is InChI=1S/C10H15N3S/c1-2-8-5-7(6-11)3-4-9(8)13-10(12)14/h3-5H,2,6,11H2,1H3,(H3,12,13,14). The van der Waals surface area contributed by atoms with Crippen LogP contribution in [0.2, 0.25) is 0 Å². The first-order valence-electron chi connectivity index (χ1n) is 4.55. The summed E-state index contributed by atoms with van der Waals surface area (Å²) in [6.07, 6.45) is 0.929. The smallest absolute Gasteiger partial charge is 0.168 e. The summed E-state index contributed by atoms with van der Waals surface area (Å²) < 4.78 is 0. The van der Waals surface area contributed by atoms with Gasteiger partial charge in [-0.2, -0.15) is 0 Å². The summed E-state index contributed by atoms with van der Waals surface area (Å²) in [5, 5.41) is 3.24. The molecule has 3 nitrogen and oxygen atoms in total. The maximum atomic E-state index is 5.55. The van der Waals surface area contributed by atoms with Crippen molar-refractivity contribution in [2.75, 3.05) is 5.32 Å². The fourth-order valence-corrected chi connectivity index (χ4v) is 1.43. The van der Waals surface area contributed by atoms with Crippen LogP contribution in [0.3, 0.4) is 0 Å². The van der Waals surface area contributed by atoms with Gasteiger partial charge in [0.2, 0.25) is 0 Å². The summed E-state index contributed by atoms with van der Waals surface area (Å²) in [4.78, 5) is 0. The van der Waals surface area contributed by atoms with Crippen molar-refractivity contribution in [3.63, 3.8) is 0 Å². The molecule has 0 atom stereocenters. The highest BCUT2D eigenvalue weighted by molar-refractivity contribution is 7.80. The van der Waals surface area contributed by atoms with E-state index in [9.17, 15) is 0 Å². The Kier molecular flexibility index (Phi) is 3.85. The van der Waals surface area contributed by atoms with Gasteiger partial charge in [0, 0.05) is 12.2 Å². The van der Waals surface area contributed by atoms with Gasteiger partial charge in [-0.25, -0.2) is 0 Å². The van der Waals surface area contributed by atoms with E-state index in [-0.39, 0.29) is 0 Å². The summed E-state index contributed by atoms with van der Waals surface area (Å²) in [5.74, 6) is 0. The third-order valence-electron chi connectivity index (χ3n) is 2.04. The summed E-state index contributed by atoms with van der Waals surface area (Å²) in [6, 6.07) is 6.00. The van der Waals surface area contributed by atoms with Gasteiger partial charge in [0.15, 0.2) is 5.11 Å². The molecule has 0 heterocycles. The Morgan fingerprint density at radius 1 is 1.50 bits per heavy atom. The lowest BCUT2D eigenvalue weighted by Gasteiger charge is -2.10. The van der Waals surface area contributed by atoms with Crippen LogP contribution in [-0.2, 0) is 13.0 Å². The van der Waals surface area contributed by atoms with E-state index < -0.39 is 0 Å². The van der Waals surface area contributed by atoms with Crippen LogP contribution in [0.15, 0.2) is 18.2 Å². The van der Waals surface area contributed by atoms with Crippen LogP contribution in [0.25, 0.3) is 0 Å². The molecule has 1 rings (SSSR count). The van der Waals surface area contributed by atoms with Crippen molar-refractivity contribution in [3.05, 3.63) is 29.3 Å². The lowest BCUT2D eigenvalue weighted by molar-refractivity contribution is 1.05. The van der Waals surface area contributed by atoms with Crippen molar-refractivity contribution in [3.8, 4) is 0 Å². The minimum Gasteiger partial charge on any atom is -0.376 e. The topological polar surface area (TPSA) is 64.1 Å². The molecule has 76 valence electrons. The average Bonchev–Trinajstić information content (AvgIpc) is 2.17. The zero-order chi connectivity index (χ0) is 10.6. The maximum Gasteiger partial charge on any atom is 0.168 e. The maximum absolute atomic E-state index is 5.55. The highest BCUT2D eigenvalue weighted by Gasteiger charge is 2.01. The molecular weight excluding hydrogens is 194 g/mol. The highest BCUT2D eigenvalue weighted by Crippen LogP contribution is 2.17. The van der Waals surface area contributed by atoms with Crippen LogP contribution < -0.4 is 16.8 Å². The molecule has 0 bridgehead atoms. The van der Waals surface area contributed by atoms with E-state index in [1.54, 1.807) is 0 Å². The number of anilines is 1. The van der Waals surface area contributed by atoms with Gasteiger partial charge in [-0.05, 0) is 35.8 Å². The third kappa shape index (κ3) is 2.68. The molecule has 0 amide bonds. The summed E-state index contributed by atoms with van der Waals surface area (Å²) in [7, 11) is 0. The zero-order valence-corrected chi connectivity index (χ0v) is 9.03. The molecule has 0 fully saturated rings. The lowest BCUT2D eigenvalue weighted by Crippen LogP contribution is -2.19. The first kappa shape index (κ1) is 10.9. The predicted octanol–water partition coefficient (Wildman–Crippen LogP) is 1.36. The Bertz CT molecular complexity index is 336. The van der Waals surface area contributed by atoms with Crippen molar-refractivity contribution < 1.29 is 0 Å². The fourth-order valence-electron chi connectivity index (χ4n) is 1.32. The molecule has 0 saturated carbocycles. The molecule has 1 aromatic rings. The molecule has 0 spiro atoms. The van der Waals surface area contributed by atoms with E-state index in [0.717, 1.165) is 17.7 Å². The van der Waals surface area contributed by atoms with Crippen LogP contribution in [-0.4, -0.2) is 5.11 Å². The Morgan fingerprint density at radius 3 is 2.71 bits per heavy atom. The first-order valence-corrected chi connectivity index (χ1v) is 4.96. The molecule has 0 saturated heterocycles. The normalized spacial score (nSPS) is 9.86. The second-order valence-corrected chi connectivity index (χ2v) is 3.48. The van der Waals surface area contributed by atoms with Crippen molar-refractivity contribution in [2.45, 2.75) is 19.9 Å². The molecule has 4 heteroatoms. The summed E-state index contributed by atoms with van der Waals surface area (Å²) >= 11 is 4.79. The number of hydrogen-bond donors (Lipinski definition) is 3. The monoisotopic (exact) mass is 209 g/mol. The second kappa shape index (κ2) is 4.93. The Hall–Kier alpha value is -1.13. The van der Waals surface area contributed by atoms with Crippen LogP contribution in [0.5, 0.6) is 0 Å². The number of benzene rings is 1. The molecule has 1 aromatic carbocycles. The van der Waals surface area contributed by atoms with Gasteiger partial charge in [0.05, 0.1) is 0 Å². The van der Waals surface area contributed by atoms with Crippen LogP contribution in [0, 0.1) is 0 Å². The molecule has 0 aromatic heterocycles. The largest absolute Gasteiger partial charge is 0.376 e. The third-order valence-corrected chi connectivity index (χ3v) is 2.15. The Morgan fingerprint density at radius 2 is 2.21 bits per heavy atom. The molecule has 0 unspecified atom stereocenters. The number of rotatable bonds is 3. The predicted molar refractivity (Wildman–Crippen MR) is 64.1 cm³/mol. The van der Waals surface area contributed by atoms with E-state index in [1.165, 1.54) is 5.56 Å². The van der Waals surface area contributed by atoms with Gasteiger partial charge in [0.25, 0.3) is 0 Å². The van der Waals surface area contributed by atoms with Gasteiger partial charge in [-0.15, -0.1) is 0 Å². The quantitative estimate of drug-likeness (QED) is 0.658. The first-order chi connectivity index (χ1) is 6.67. The zero-order valence-electron chi connectivity index (χ0n) is 8.21. The second-order valence-electron chi connectivity index (χ2n) is 3.04. The number of nitrogens with one attached hydrogen (secondary N) is 1. The van der Waals surface area contributed by atoms with E-state index in [0.29, 0.717) is 11.7 Å². The van der Waals surface area contributed by atoms with E-state index in [2.05, 4.69) is 18.3 Å². The molecule has 0 aliphatic rings. The minimum atomic E-state index is 0.292. The Labute approximate surface area is 89.5 Å². The lowest BCUT2D eigenvalue weighted by atomic mass is 10.1. The summed E-state index contributed by atoms with van der Waals surface area (Å²) in [6.45, 7) is 2.64. The number of hydrogen-bond acceptors (Lipinski definition) is 2. The van der Waals surface area contributed by atoms with Crippen LogP contribution >= 0.6 is 12.2 Å². The average molecular weight is 209 g/mol. The Balaban J connectivity index is 2.98. The van der Waals surface area contributed by atoms with E-state index in [4.69, 9.17) is 23.7 Å². The van der Waals surface area contributed by atoms with Crippen LogP contribution in [0.4, 0.5) is 5.69 Å². The van der Waals surface area contributed by atoms with Crippen molar-refractivity contribution in [2.24, 2.45) is 11.5 Å². The number of thiocarbonyl (C=S) groups is 1.